The number of hydrogen-bond donors (Lipinski definition) is 0. The summed E-state index contributed by atoms with van der Waals surface area (Å²) in [5.74, 6) is 0.258. The van der Waals surface area contributed by atoms with E-state index in [0.717, 1.165) is 57.2 Å². The Morgan fingerprint density at radius 3 is 2.00 bits per heavy atom. The highest BCUT2D eigenvalue weighted by Gasteiger charge is 2.43. The van der Waals surface area contributed by atoms with Crippen LogP contribution in [0.2, 0.25) is 0 Å². The normalized spacial score (nSPS) is 21.5. The fraction of sp³-hybridized carbons (Fsp3) is 0.632. The van der Waals surface area contributed by atoms with Crippen LogP contribution in [-0.4, -0.2) is 38.6 Å². The van der Waals surface area contributed by atoms with Crippen molar-refractivity contribution in [2.75, 3.05) is 19.3 Å². The molecule has 1 saturated heterocycles. The summed E-state index contributed by atoms with van der Waals surface area (Å²) in [5, 5.41) is 0. The standard InChI is InChI=1S/C19H27NO3S/c1-24(22,23)17-10-8-16(9-11-17)19(12-4-2-5-13-19)18(21)20-14-6-3-7-15-20/h8-11H,2-7,12-15H2,1H3. The molecule has 0 N–H and O–H groups in total. The van der Waals surface area contributed by atoms with E-state index in [0.29, 0.717) is 4.90 Å². The number of amides is 1. The molecule has 1 aromatic rings. The molecule has 1 aliphatic heterocycles. The number of carbonyl (C=O) groups is 1. The molecular weight excluding hydrogens is 322 g/mol. The highest BCUT2D eigenvalue weighted by Crippen LogP contribution is 2.41. The summed E-state index contributed by atoms with van der Waals surface area (Å²) in [5.41, 5.74) is 0.538. The first kappa shape index (κ1) is 17.5. The summed E-state index contributed by atoms with van der Waals surface area (Å²) in [6.07, 6.45) is 9.67. The fourth-order valence-electron chi connectivity index (χ4n) is 4.20. The molecule has 5 heteroatoms. The van der Waals surface area contributed by atoms with Gasteiger partial charge in [-0.1, -0.05) is 31.4 Å². The number of likely N-dealkylation sites (tertiary alicyclic amines) is 1. The van der Waals surface area contributed by atoms with Gasteiger partial charge in [-0.3, -0.25) is 4.79 Å². The van der Waals surface area contributed by atoms with Crippen LogP contribution in [0.1, 0.15) is 56.9 Å². The molecule has 2 aliphatic rings. The van der Waals surface area contributed by atoms with E-state index in [4.69, 9.17) is 0 Å². The van der Waals surface area contributed by atoms with Crippen LogP contribution < -0.4 is 0 Å². The molecule has 0 aromatic heterocycles. The van der Waals surface area contributed by atoms with Gasteiger partial charge in [0, 0.05) is 19.3 Å². The van der Waals surface area contributed by atoms with Crippen molar-refractivity contribution < 1.29 is 13.2 Å². The molecule has 0 bridgehead atoms. The lowest BCUT2D eigenvalue weighted by Gasteiger charge is -2.41. The van der Waals surface area contributed by atoms with Gasteiger partial charge in [0.15, 0.2) is 9.84 Å². The van der Waals surface area contributed by atoms with Gasteiger partial charge in [0.05, 0.1) is 10.3 Å². The second-order valence-electron chi connectivity index (χ2n) is 7.29. The van der Waals surface area contributed by atoms with Crippen molar-refractivity contribution >= 4 is 15.7 Å². The first-order valence-electron chi connectivity index (χ1n) is 9.03. The lowest BCUT2D eigenvalue weighted by molar-refractivity contribution is -0.139. The predicted molar refractivity (Wildman–Crippen MR) is 94.7 cm³/mol. The highest BCUT2D eigenvalue weighted by atomic mass is 32.2. The number of sulfone groups is 1. The van der Waals surface area contributed by atoms with Gasteiger partial charge in [-0.05, 0) is 49.8 Å². The van der Waals surface area contributed by atoms with Crippen LogP contribution >= 0.6 is 0 Å². The zero-order valence-electron chi connectivity index (χ0n) is 14.5. The number of piperidine rings is 1. The Hall–Kier alpha value is -1.36. The van der Waals surface area contributed by atoms with E-state index in [-0.39, 0.29) is 5.91 Å². The summed E-state index contributed by atoms with van der Waals surface area (Å²) in [6, 6.07) is 7.04. The van der Waals surface area contributed by atoms with Crippen molar-refractivity contribution in [3.63, 3.8) is 0 Å². The van der Waals surface area contributed by atoms with Crippen molar-refractivity contribution in [2.45, 2.75) is 61.7 Å². The molecule has 1 aliphatic carbocycles. The second-order valence-corrected chi connectivity index (χ2v) is 9.31. The zero-order valence-corrected chi connectivity index (χ0v) is 15.3. The van der Waals surface area contributed by atoms with Gasteiger partial charge in [-0.15, -0.1) is 0 Å². The summed E-state index contributed by atoms with van der Waals surface area (Å²) in [4.78, 5) is 15.7. The number of benzene rings is 1. The third-order valence-corrected chi connectivity index (χ3v) is 6.72. The smallest absolute Gasteiger partial charge is 0.233 e. The van der Waals surface area contributed by atoms with E-state index in [1.807, 2.05) is 17.0 Å². The van der Waals surface area contributed by atoms with E-state index in [1.54, 1.807) is 12.1 Å². The first-order valence-corrected chi connectivity index (χ1v) is 10.9. The molecule has 1 heterocycles. The van der Waals surface area contributed by atoms with Gasteiger partial charge in [-0.25, -0.2) is 8.42 Å². The maximum absolute atomic E-state index is 13.4. The van der Waals surface area contributed by atoms with Crippen molar-refractivity contribution in [1.29, 1.82) is 0 Å². The fourth-order valence-corrected chi connectivity index (χ4v) is 4.83. The molecule has 0 spiro atoms. The van der Waals surface area contributed by atoms with Crippen molar-refractivity contribution in [3.05, 3.63) is 29.8 Å². The Balaban J connectivity index is 1.94. The average molecular weight is 349 g/mol. The predicted octanol–water partition coefficient (Wildman–Crippen LogP) is 3.30. The number of hydrogen-bond acceptors (Lipinski definition) is 3. The largest absolute Gasteiger partial charge is 0.342 e. The van der Waals surface area contributed by atoms with Crippen LogP contribution in [0.5, 0.6) is 0 Å². The topological polar surface area (TPSA) is 54.5 Å². The van der Waals surface area contributed by atoms with Crippen molar-refractivity contribution in [2.24, 2.45) is 0 Å². The Labute approximate surface area is 145 Å². The van der Waals surface area contributed by atoms with Crippen LogP contribution in [0, 0.1) is 0 Å². The third-order valence-electron chi connectivity index (χ3n) is 5.59. The van der Waals surface area contributed by atoms with Crippen molar-refractivity contribution in [1.82, 2.24) is 4.90 Å². The average Bonchev–Trinajstić information content (AvgIpc) is 2.62. The Bertz CT molecular complexity index is 682. The highest BCUT2D eigenvalue weighted by molar-refractivity contribution is 7.90. The first-order chi connectivity index (χ1) is 11.4. The SMILES string of the molecule is CS(=O)(=O)c1ccc(C2(C(=O)N3CCCCC3)CCCCC2)cc1. The summed E-state index contributed by atoms with van der Waals surface area (Å²) in [7, 11) is -3.21. The van der Waals surface area contributed by atoms with E-state index >= 15 is 0 Å². The van der Waals surface area contributed by atoms with Gasteiger partial charge in [-0.2, -0.15) is 0 Å². The summed E-state index contributed by atoms with van der Waals surface area (Å²) in [6.45, 7) is 1.73. The van der Waals surface area contributed by atoms with E-state index < -0.39 is 15.3 Å². The van der Waals surface area contributed by atoms with Crippen LogP contribution in [0.4, 0.5) is 0 Å². The maximum atomic E-state index is 13.4. The van der Waals surface area contributed by atoms with Gasteiger partial charge in [0.1, 0.15) is 0 Å². The maximum Gasteiger partial charge on any atom is 0.233 e. The quantitative estimate of drug-likeness (QED) is 0.841. The van der Waals surface area contributed by atoms with Gasteiger partial charge < -0.3 is 4.90 Å². The Morgan fingerprint density at radius 1 is 0.917 bits per heavy atom. The van der Waals surface area contributed by atoms with E-state index in [1.165, 1.54) is 19.1 Å². The Morgan fingerprint density at radius 2 is 1.46 bits per heavy atom. The molecule has 1 amide bonds. The van der Waals surface area contributed by atoms with Crippen LogP contribution in [0.25, 0.3) is 0 Å². The molecule has 4 nitrogen and oxygen atoms in total. The second kappa shape index (κ2) is 6.87. The van der Waals surface area contributed by atoms with Gasteiger partial charge in [0.2, 0.25) is 5.91 Å². The molecule has 0 radical (unpaired) electrons. The number of nitrogens with zero attached hydrogens (tertiary/aromatic N) is 1. The molecular formula is C19H27NO3S. The van der Waals surface area contributed by atoms with Crippen LogP contribution in [0.15, 0.2) is 29.2 Å². The molecule has 24 heavy (non-hydrogen) atoms. The molecule has 0 unspecified atom stereocenters. The van der Waals surface area contributed by atoms with E-state index in [2.05, 4.69) is 0 Å². The zero-order chi connectivity index (χ0) is 17.2. The lowest BCUT2D eigenvalue weighted by Crippen LogP contribution is -2.49. The van der Waals surface area contributed by atoms with Gasteiger partial charge in [0.25, 0.3) is 0 Å². The minimum absolute atomic E-state index is 0.258. The summed E-state index contributed by atoms with van der Waals surface area (Å²) < 4.78 is 23.4. The molecule has 1 aromatic carbocycles. The van der Waals surface area contributed by atoms with E-state index in [9.17, 15) is 13.2 Å². The van der Waals surface area contributed by atoms with Crippen molar-refractivity contribution in [3.8, 4) is 0 Å². The number of rotatable bonds is 3. The number of carbonyl (C=O) groups excluding carboxylic acids is 1. The minimum atomic E-state index is -3.21. The van der Waals surface area contributed by atoms with Crippen LogP contribution in [0.3, 0.4) is 0 Å². The summed E-state index contributed by atoms with van der Waals surface area (Å²) >= 11 is 0. The third kappa shape index (κ3) is 3.37. The molecule has 1 saturated carbocycles. The molecule has 2 fully saturated rings. The molecule has 3 rings (SSSR count). The minimum Gasteiger partial charge on any atom is -0.342 e. The van der Waals surface area contributed by atoms with Gasteiger partial charge >= 0.3 is 0 Å². The Kier molecular flexibility index (Phi) is 5.00. The molecule has 132 valence electrons. The monoisotopic (exact) mass is 349 g/mol. The lowest BCUT2D eigenvalue weighted by atomic mass is 9.68. The van der Waals surface area contributed by atoms with Crippen LogP contribution in [-0.2, 0) is 20.0 Å². The molecule has 0 atom stereocenters.